The van der Waals surface area contributed by atoms with Crippen molar-refractivity contribution in [1.29, 1.82) is 0 Å². The Morgan fingerprint density at radius 3 is 1.29 bits per heavy atom. The summed E-state index contributed by atoms with van der Waals surface area (Å²) < 4.78 is 1.41. The maximum absolute atomic E-state index is 2.62. The molecule has 0 saturated carbocycles. The normalized spacial score (nSPS) is 17.9. The fourth-order valence-electron chi connectivity index (χ4n) is 6.24. The average molecular weight is 548 g/mol. The third-order valence-corrected chi connectivity index (χ3v) is 21.0. The van der Waals surface area contributed by atoms with E-state index >= 15 is 0 Å². The quantitative estimate of drug-likeness (QED) is 0.517. The first-order valence-corrected chi connectivity index (χ1v) is 19.0. The van der Waals surface area contributed by atoms with Gasteiger partial charge in [0.1, 0.15) is 0 Å². The minimum atomic E-state index is -1.57. The number of benzene rings is 2. The van der Waals surface area contributed by atoms with E-state index in [0.717, 1.165) is 0 Å². The molecule has 0 N–H and O–H groups in total. The van der Waals surface area contributed by atoms with Gasteiger partial charge >= 0.3 is 204 Å². The predicted octanol–water partition coefficient (Wildman–Crippen LogP) is 3.04. The fourth-order valence-corrected chi connectivity index (χ4v) is 20.4. The van der Waals surface area contributed by atoms with E-state index < -0.39 is 22.8 Å². The average Bonchev–Trinajstić information content (AvgIpc) is 3.21. The molecule has 182 valence electrons. The van der Waals surface area contributed by atoms with Crippen LogP contribution in [0.25, 0.3) is 12.2 Å². The van der Waals surface area contributed by atoms with Crippen molar-refractivity contribution in [2.75, 3.05) is 0 Å². The van der Waals surface area contributed by atoms with E-state index in [-0.39, 0.29) is 24.8 Å². The molecule has 2 unspecified atom stereocenters. The van der Waals surface area contributed by atoms with Gasteiger partial charge in [0.25, 0.3) is 0 Å². The van der Waals surface area contributed by atoms with Gasteiger partial charge in [-0.15, -0.1) is 0 Å². The molecular weight excluding hydrogens is 507 g/mol. The van der Waals surface area contributed by atoms with E-state index in [1.165, 1.54) is 11.1 Å². The molecule has 0 aromatic heterocycles. The van der Waals surface area contributed by atoms with Crippen LogP contribution in [-0.2, 0) is 16.6 Å². The van der Waals surface area contributed by atoms with Gasteiger partial charge in [0.2, 0.25) is 0 Å². The summed E-state index contributed by atoms with van der Waals surface area (Å²) >= 11 is -1.57. The third-order valence-electron chi connectivity index (χ3n) is 7.75. The van der Waals surface area contributed by atoms with E-state index in [2.05, 4.69) is 105 Å². The Labute approximate surface area is 227 Å². The van der Waals surface area contributed by atoms with Gasteiger partial charge in [0, 0.05) is 0 Å². The summed E-state index contributed by atoms with van der Waals surface area (Å²) in [6.45, 7) is 24.3. The molecule has 0 nitrogen and oxygen atoms in total. The Hall–Kier alpha value is -0.569. The van der Waals surface area contributed by atoms with Crippen LogP contribution in [0.5, 0.6) is 0 Å². The van der Waals surface area contributed by atoms with Crippen LogP contribution in [0.4, 0.5) is 0 Å². The topological polar surface area (TPSA) is 0 Å². The summed E-state index contributed by atoms with van der Waals surface area (Å²) in [5.74, 6) is 1.15. The van der Waals surface area contributed by atoms with Gasteiger partial charge in [0.05, 0.1) is 0 Å². The minimum absolute atomic E-state index is 0. The molecule has 0 bridgehead atoms. The Kier molecular flexibility index (Phi) is 9.79. The van der Waals surface area contributed by atoms with E-state index in [1.54, 1.807) is 44.5 Å². The molecular formula is C30H40Cl2SiTi. The maximum atomic E-state index is 2.62. The van der Waals surface area contributed by atoms with Gasteiger partial charge < -0.3 is 24.8 Å². The van der Waals surface area contributed by atoms with E-state index in [9.17, 15) is 0 Å². The van der Waals surface area contributed by atoms with Crippen LogP contribution in [0.2, 0.25) is 13.1 Å². The van der Waals surface area contributed by atoms with E-state index in [1.807, 2.05) is 0 Å². The van der Waals surface area contributed by atoms with Gasteiger partial charge in [-0.05, 0) is 0 Å². The molecule has 2 aliphatic rings. The van der Waals surface area contributed by atoms with E-state index in [0.29, 0.717) is 20.3 Å². The van der Waals surface area contributed by atoms with E-state index in [4.69, 9.17) is 0 Å². The zero-order valence-electron chi connectivity index (χ0n) is 22.5. The standard InChI is InChI=1S/2C14H17.C2H6Si.2ClH.Ti/c2*1-9(2)12-6-5-11(4)13-7-10(3)8-14(12)13;1-3-2;;;/h2*5-9H,1-4H3;1-2H3;2*1H;/q;;;;;+2/p-2. The van der Waals surface area contributed by atoms with Crippen molar-refractivity contribution >= 4 is 18.3 Å². The molecule has 0 aliphatic heterocycles. The van der Waals surface area contributed by atoms with Crippen LogP contribution >= 0.6 is 0 Å². The van der Waals surface area contributed by atoms with Crippen LogP contribution in [-0.4, -0.2) is 6.19 Å². The molecule has 4 heteroatoms. The number of fused-ring (bicyclic) bond motifs is 2. The smallest absolute Gasteiger partial charge is 1.00 e. The molecule has 2 atom stereocenters. The summed E-state index contributed by atoms with van der Waals surface area (Å²) in [6.07, 6.45) is 4.75. The largest absolute Gasteiger partial charge is 1.00 e. The number of hydrogen-bond acceptors (Lipinski definition) is 0. The van der Waals surface area contributed by atoms with Crippen molar-refractivity contribution in [3.05, 3.63) is 79.9 Å². The van der Waals surface area contributed by atoms with Crippen molar-refractivity contribution in [2.45, 2.75) is 88.8 Å². The summed E-state index contributed by atoms with van der Waals surface area (Å²) in [5, 5.41) is 0. The first-order valence-electron chi connectivity index (χ1n) is 12.3. The van der Waals surface area contributed by atoms with Gasteiger partial charge in [-0.3, -0.25) is 0 Å². The zero-order valence-corrected chi connectivity index (χ0v) is 26.6. The summed E-state index contributed by atoms with van der Waals surface area (Å²) in [5.41, 5.74) is 16.0. The van der Waals surface area contributed by atoms with Crippen molar-refractivity contribution in [3.8, 4) is 0 Å². The van der Waals surface area contributed by atoms with Gasteiger partial charge in [-0.2, -0.15) is 0 Å². The van der Waals surface area contributed by atoms with Crippen LogP contribution in [0.1, 0.15) is 106 Å². The molecule has 2 aliphatic carbocycles. The zero-order chi connectivity index (χ0) is 23.5. The second-order valence-corrected chi connectivity index (χ2v) is 23.3. The van der Waals surface area contributed by atoms with Crippen LogP contribution in [0.15, 0.2) is 35.4 Å². The number of allylic oxidation sites excluding steroid dienone is 2. The molecule has 0 radical (unpaired) electrons. The Morgan fingerprint density at radius 1 is 0.647 bits per heavy atom. The minimum Gasteiger partial charge on any atom is -1.00 e. The van der Waals surface area contributed by atoms with Crippen LogP contribution in [0, 0.1) is 13.8 Å². The molecule has 0 saturated heterocycles. The Bertz CT molecular complexity index is 1110. The van der Waals surface area contributed by atoms with Gasteiger partial charge in [0.15, 0.2) is 0 Å². The third kappa shape index (κ3) is 4.85. The van der Waals surface area contributed by atoms with Crippen molar-refractivity contribution < 1.29 is 41.4 Å². The molecule has 4 rings (SSSR count). The van der Waals surface area contributed by atoms with Gasteiger partial charge in [-0.1, -0.05) is 0 Å². The second kappa shape index (κ2) is 11.2. The predicted molar refractivity (Wildman–Crippen MR) is 141 cm³/mol. The van der Waals surface area contributed by atoms with Crippen molar-refractivity contribution in [3.63, 3.8) is 0 Å². The number of hydrogen-bond donors (Lipinski definition) is 0. The second-order valence-electron chi connectivity index (χ2n) is 11.0. The SMILES string of the molecule is CC1=Cc2c(C(C)C)ccc(C)c2[CH]1[Ti+2]([CH]1C(C)=Cc2c(C(C)C)ccc(C)c21)=[Si](C)C.[Cl-].[Cl-]. The molecule has 34 heavy (non-hydrogen) atoms. The number of halogens is 2. The summed E-state index contributed by atoms with van der Waals surface area (Å²) in [7, 11) is 0. The molecule has 0 fully saturated rings. The fraction of sp³-hybridized carbons (Fsp3) is 0.467. The van der Waals surface area contributed by atoms with Crippen LogP contribution < -0.4 is 24.8 Å². The molecule has 0 amide bonds. The van der Waals surface area contributed by atoms with Crippen molar-refractivity contribution in [1.82, 2.24) is 0 Å². The molecule has 2 aromatic carbocycles. The van der Waals surface area contributed by atoms with Crippen LogP contribution in [0.3, 0.4) is 0 Å². The first kappa shape index (κ1) is 29.7. The number of rotatable bonds is 4. The Balaban J connectivity index is 0.00000204. The molecule has 0 spiro atoms. The van der Waals surface area contributed by atoms with Gasteiger partial charge in [-0.25, -0.2) is 0 Å². The first-order chi connectivity index (χ1) is 15.0. The molecule has 0 heterocycles. The summed E-state index contributed by atoms with van der Waals surface area (Å²) in [4.78, 5) is 0. The molecule has 2 aromatic rings. The maximum Gasteiger partial charge on any atom is -1.00 e. The summed E-state index contributed by atoms with van der Waals surface area (Å²) in [6, 6.07) is 9.61. The Morgan fingerprint density at radius 2 is 1.00 bits per heavy atom. The monoisotopic (exact) mass is 546 g/mol. The van der Waals surface area contributed by atoms with Crippen molar-refractivity contribution in [2.24, 2.45) is 0 Å². The number of aryl methyl sites for hydroxylation is 2.